The van der Waals surface area contributed by atoms with Crippen molar-refractivity contribution < 1.29 is 9.32 Å². The molecule has 0 N–H and O–H groups in total. The Labute approximate surface area is 128 Å². The SMILES string of the molecule is Cc1nc(CC(=O)N2CCC(Cc3cccs3)CC2)no1. The molecule has 5 nitrogen and oxygen atoms in total. The number of aryl methyl sites for hydroxylation is 1. The number of carbonyl (C=O) groups is 1. The van der Waals surface area contributed by atoms with Gasteiger partial charge in [0, 0.05) is 24.9 Å². The Kier molecular flexibility index (Phi) is 4.34. The lowest BCUT2D eigenvalue weighted by atomic mass is 9.93. The zero-order valence-electron chi connectivity index (χ0n) is 12.1. The van der Waals surface area contributed by atoms with Gasteiger partial charge in [0.15, 0.2) is 5.82 Å². The van der Waals surface area contributed by atoms with E-state index in [1.165, 1.54) is 4.88 Å². The van der Waals surface area contributed by atoms with Gasteiger partial charge in [0.1, 0.15) is 0 Å². The van der Waals surface area contributed by atoms with Crippen molar-refractivity contribution in [3.63, 3.8) is 0 Å². The summed E-state index contributed by atoms with van der Waals surface area (Å²) >= 11 is 1.82. The van der Waals surface area contributed by atoms with E-state index in [1.807, 2.05) is 16.2 Å². The Balaban J connectivity index is 1.47. The molecule has 0 aromatic carbocycles. The smallest absolute Gasteiger partial charge is 0.230 e. The van der Waals surface area contributed by atoms with Gasteiger partial charge in [-0.25, -0.2) is 0 Å². The average molecular weight is 305 g/mol. The molecule has 2 aromatic heterocycles. The summed E-state index contributed by atoms with van der Waals surface area (Å²) in [7, 11) is 0. The van der Waals surface area contributed by atoms with Gasteiger partial charge in [0.25, 0.3) is 0 Å². The summed E-state index contributed by atoms with van der Waals surface area (Å²) in [6, 6.07) is 4.30. The first-order valence-corrected chi connectivity index (χ1v) is 8.18. The Hall–Kier alpha value is -1.69. The van der Waals surface area contributed by atoms with E-state index in [-0.39, 0.29) is 12.3 Å². The van der Waals surface area contributed by atoms with Gasteiger partial charge in [-0.3, -0.25) is 4.79 Å². The second kappa shape index (κ2) is 6.39. The minimum atomic E-state index is 0.102. The molecule has 3 heterocycles. The molecular formula is C15H19N3O2S. The number of piperidine rings is 1. The Morgan fingerprint density at radius 3 is 2.90 bits per heavy atom. The van der Waals surface area contributed by atoms with Crippen molar-refractivity contribution >= 4 is 17.2 Å². The molecule has 0 atom stereocenters. The molecule has 0 spiro atoms. The molecule has 1 aliphatic heterocycles. The molecule has 21 heavy (non-hydrogen) atoms. The lowest BCUT2D eigenvalue weighted by molar-refractivity contribution is -0.132. The van der Waals surface area contributed by atoms with Gasteiger partial charge >= 0.3 is 0 Å². The molecule has 0 aliphatic carbocycles. The van der Waals surface area contributed by atoms with Crippen molar-refractivity contribution in [1.82, 2.24) is 15.0 Å². The maximum absolute atomic E-state index is 12.2. The zero-order chi connectivity index (χ0) is 14.7. The van der Waals surface area contributed by atoms with Crippen molar-refractivity contribution in [2.45, 2.75) is 32.6 Å². The molecule has 112 valence electrons. The normalized spacial score (nSPS) is 16.3. The van der Waals surface area contributed by atoms with Crippen LogP contribution in [0.4, 0.5) is 0 Å². The van der Waals surface area contributed by atoms with Crippen LogP contribution in [-0.2, 0) is 17.6 Å². The summed E-state index contributed by atoms with van der Waals surface area (Å²) < 4.78 is 4.90. The van der Waals surface area contributed by atoms with Crippen LogP contribution in [-0.4, -0.2) is 34.0 Å². The number of thiophene rings is 1. The summed E-state index contributed by atoms with van der Waals surface area (Å²) in [6.07, 6.45) is 3.54. The molecule has 0 unspecified atom stereocenters. The van der Waals surface area contributed by atoms with Gasteiger partial charge in [-0.2, -0.15) is 4.98 Å². The van der Waals surface area contributed by atoms with Crippen molar-refractivity contribution in [2.24, 2.45) is 5.92 Å². The summed E-state index contributed by atoms with van der Waals surface area (Å²) in [5.74, 6) is 1.79. The lowest BCUT2D eigenvalue weighted by Crippen LogP contribution is -2.39. The second-order valence-corrected chi connectivity index (χ2v) is 6.55. The molecule has 1 saturated heterocycles. The maximum atomic E-state index is 12.2. The van der Waals surface area contributed by atoms with Crippen LogP contribution in [0.5, 0.6) is 0 Å². The van der Waals surface area contributed by atoms with E-state index in [2.05, 4.69) is 27.7 Å². The summed E-state index contributed by atoms with van der Waals surface area (Å²) in [4.78, 5) is 19.7. The van der Waals surface area contributed by atoms with Crippen molar-refractivity contribution in [3.8, 4) is 0 Å². The first-order chi connectivity index (χ1) is 10.2. The third-order valence-electron chi connectivity index (χ3n) is 3.92. The standard InChI is InChI=1S/C15H19N3O2S/c1-11-16-14(17-20-11)10-15(19)18-6-4-12(5-7-18)9-13-3-2-8-21-13/h2-3,8,12H,4-7,9-10H2,1H3. The van der Waals surface area contributed by atoms with Crippen LogP contribution >= 0.6 is 11.3 Å². The molecule has 1 aliphatic rings. The van der Waals surface area contributed by atoms with Gasteiger partial charge in [0.2, 0.25) is 11.8 Å². The molecular weight excluding hydrogens is 286 g/mol. The first-order valence-electron chi connectivity index (χ1n) is 7.30. The number of likely N-dealkylation sites (tertiary alicyclic amines) is 1. The Morgan fingerprint density at radius 1 is 1.48 bits per heavy atom. The number of hydrogen-bond donors (Lipinski definition) is 0. The highest BCUT2D eigenvalue weighted by Crippen LogP contribution is 2.24. The summed E-state index contributed by atoms with van der Waals surface area (Å²) in [5.41, 5.74) is 0. The number of amides is 1. The lowest BCUT2D eigenvalue weighted by Gasteiger charge is -2.31. The van der Waals surface area contributed by atoms with E-state index in [1.54, 1.807) is 6.92 Å². The number of carbonyl (C=O) groups excluding carboxylic acids is 1. The minimum absolute atomic E-state index is 0.102. The molecule has 0 radical (unpaired) electrons. The largest absolute Gasteiger partial charge is 0.342 e. The maximum Gasteiger partial charge on any atom is 0.230 e. The first kappa shape index (κ1) is 14.3. The van der Waals surface area contributed by atoms with Crippen LogP contribution in [0.15, 0.2) is 22.0 Å². The zero-order valence-corrected chi connectivity index (χ0v) is 12.9. The van der Waals surface area contributed by atoms with Crippen LogP contribution in [0, 0.1) is 12.8 Å². The fourth-order valence-electron chi connectivity index (χ4n) is 2.76. The van der Waals surface area contributed by atoms with E-state index >= 15 is 0 Å². The van der Waals surface area contributed by atoms with Crippen molar-refractivity contribution in [2.75, 3.05) is 13.1 Å². The molecule has 6 heteroatoms. The monoisotopic (exact) mass is 305 g/mol. The van der Waals surface area contributed by atoms with E-state index in [9.17, 15) is 4.79 Å². The quantitative estimate of drug-likeness (QED) is 0.870. The fraction of sp³-hybridized carbons (Fsp3) is 0.533. The van der Waals surface area contributed by atoms with E-state index in [0.29, 0.717) is 17.6 Å². The van der Waals surface area contributed by atoms with Crippen LogP contribution in [0.2, 0.25) is 0 Å². The van der Waals surface area contributed by atoms with Gasteiger partial charge in [-0.15, -0.1) is 11.3 Å². The molecule has 0 saturated carbocycles. The predicted molar refractivity (Wildman–Crippen MR) is 80.1 cm³/mol. The highest BCUT2D eigenvalue weighted by atomic mass is 32.1. The number of rotatable bonds is 4. The number of aromatic nitrogens is 2. The molecule has 1 fully saturated rings. The van der Waals surface area contributed by atoms with Crippen molar-refractivity contribution in [3.05, 3.63) is 34.1 Å². The molecule has 3 rings (SSSR count). The third-order valence-corrected chi connectivity index (χ3v) is 4.81. The van der Waals surface area contributed by atoms with Gasteiger partial charge in [-0.1, -0.05) is 11.2 Å². The second-order valence-electron chi connectivity index (χ2n) is 5.51. The number of nitrogens with zero attached hydrogens (tertiary/aromatic N) is 3. The molecule has 0 bridgehead atoms. The van der Waals surface area contributed by atoms with Crippen LogP contribution < -0.4 is 0 Å². The fourth-order valence-corrected chi connectivity index (χ4v) is 3.58. The summed E-state index contributed by atoms with van der Waals surface area (Å²) in [5, 5.41) is 5.91. The number of hydrogen-bond acceptors (Lipinski definition) is 5. The Bertz CT molecular complexity index is 586. The van der Waals surface area contributed by atoms with E-state index in [0.717, 1.165) is 32.4 Å². The summed E-state index contributed by atoms with van der Waals surface area (Å²) in [6.45, 7) is 3.41. The molecule has 1 amide bonds. The molecule has 2 aromatic rings. The third kappa shape index (κ3) is 3.69. The van der Waals surface area contributed by atoms with Crippen LogP contribution in [0.25, 0.3) is 0 Å². The van der Waals surface area contributed by atoms with Crippen molar-refractivity contribution in [1.29, 1.82) is 0 Å². The minimum Gasteiger partial charge on any atom is -0.342 e. The van der Waals surface area contributed by atoms with Gasteiger partial charge in [-0.05, 0) is 36.6 Å². The highest BCUT2D eigenvalue weighted by molar-refractivity contribution is 7.09. The van der Waals surface area contributed by atoms with Crippen LogP contribution in [0.3, 0.4) is 0 Å². The van der Waals surface area contributed by atoms with E-state index in [4.69, 9.17) is 4.52 Å². The topological polar surface area (TPSA) is 59.2 Å². The van der Waals surface area contributed by atoms with Gasteiger partial charge in [0.05, 0.1) is 6.42 Å². The highest BCUT2D eigenvalue weighted by Gasteiger charge is 2.24. The van der Waals surface area contributed by atoms with Gasteiger partial charge < -0.3 is 9.42 Å². The van der Waals surface area contributed by atoms with E-state index < -0.39 is 0 Å². The average Bonchev–Trinajstić information content (AvgIpc) is 3.12. The Morgan fingerprint density at radius 2 is 2.29 bits per heavy atom. The van der Waals surface area contributed by atoms with Crippen LogP contribution in [0.1, 0.15) is 29.4 Å². The predicted octanol–water partition coefficient (Wildman–Crippen LogP) is 2.46.